The van der Waals surface area contributed by atoms with Crippen LogP contribution in [0.2, 0.25) is 0 Å². The van der Waals surface area contributed by atoms with Gasteiger partial charge in [-0.3, -0.25) is 4.79 Å². The van der Waals surface area contributed by atoms with Crippen LogP contribution in [0, 0.1) is 12.7 Å². The molecule has 2 saturated heterocycles. The molecule has 166 valence electrons. The molecule has 2 aliphatic rings. The van der Waals surface area contributed by atoms with Gasteiger partial charge in [0.15, 0.2) is 6.29 Å². The molecule has 2 fully saturated rings. The summed E-state index contributed by atoms with van der Waals surface area (Å²) in [5, 5.41) is 4.74. The lowest BCUT2D eigenvalue weighted by molar-refractivity contribution is -0.100. The molecule has 1 aromatic heterocycles. The van der Waals surface area contributed by atoms with Crippen LogP contribution < -0.4 is 0 Å². The zero-order valence-corrected chi connectivity index (χ0v) is 18.0. The second kappa shape index (κ2) is 8.84. The predicted octanol–water partition coefficient (Wildman–Crippen LogP) is 4.35. The standard InChI is InChI=1S/C25H26FN3O3/c1-17-5-4-6-18(15-17)23-21(16-29(27-23)20-10-8-19(26)9-11-20)24(30)28-12-3-2-7-22(28)25-31-13-14-32-25/h4-6,8-11,15-16,22,25H,2-3,7,12-14H2,1H3. The molecule has 0 spiro atoms. The van der Waals surface area contributed by atoms with Gasteiger partial charge >= 0.3 is 0 Å². The normalized spacial score (nSPS) is 19.4. The van der Waals surface area contributed by atoms with Crippen molar-refractivity contribution in [2.45, 2.75) is 38.5 Å². The van der Waals surface area contributed by atoms with Crippen LogP contribution in [-0.2, 0) is 9.47 Å². The number of hydrogen-bond donors (Lipinski definition) is 0. The van der Waals surface area contributed by atoms with Crippen molar-refractivity contribution < 1.29 is 18.7 Å². The van der Waals surface area contributed by atoms with Crippen molar-refractivity contribution in [2.75, 3.05) is 19.8 Å². The van der Waals surface area contributed by atoms with E-state index in [0.29, 0.717) is 36.7 Å². The highest BCUT2D eigenvalue weighted by Gasteiger charge is 2.37. The van der Waals surface area contributed by atoms with E-state index in [-0.39, 0.29) is 24.1 Å². The van der Waals surface area contributed by atoms with Crippen molar-refractivity contribution in [3.63, 3.8) is 0 Å². The summed E-state index contributed by atoms with van der Waals surface area (Å²) in [5.41, 5.74) is 3.78. The number of nitrogens with zero attached hydrogens (tertiary/aromatic N) is 3. The summed E-state index contributed by atoms with van der Waals surface area (Å²) < 4.78 is 26.6. The molecule has 2 aromatic carbocycles. The van der Waals surface area contributed by atoms with Crippen LogP contribution in [0.15, 0.2) is 54.7 Å². The first-order chi connectivity index (χ1) is 15.6. The van der Waals surface area contributed by atoms with Crippen molar-refractivity contribution in [3.05, 3.63) is 71.7 Å². The summed E-state index contributed by atoms with van der Waals surface area (Å²) in [6, 6.07) is 13.9. The summed E-state index contributed by atoms with van der Waals surface area (Å²) >= 11 is 0. The number of benzene rings is 2. The number of likely N-dealkylation sites (tertiary alicyclic amines) is 1. The molecule has 0 radical (unpaired) electrons. The average molecular weight is 435 g/mol. The van der Waals surface area contributed by atoms with E-state index in [4.69, 9.17) is 14.6 Å². The lowest BCUT2D eigenvalue weighted by Crippen LogP contribution is -2.50. The molecule has 1 atom stereocenters. The van der Waals surface area contributed by atoms with E-state index in [0.717, 1.165) is 30.4 Å². The molecule has 7 heteroatoms. The van der Waals surface area contributed by atoms with Crippen molar-refractivity contribution in [1.29, 1.82) is 0 Å². The molecule has 0 saturated carbocycles. The number of rotatable bonds is 4. The van der Waals surface area contributed by atoms with Crippen molar-refractivity contribution in [3.8, 4) is 16.9 Å². The average Bonchev–Trinajstić information content (AvgIpc) is 3.50. The molecule has 3 aromatic rings. The van der Waals surface area contributed by atoms with E-state index in [2.05, 4.69) is 0 Å². The van der Waals surface area contributed by atoms with E-state index in [1.807, 2.05) is 36.1 Å². The molecule has 0 aliphatic carbocycles. The minimum Gasteiger partial charge on any atom is -0.348 e. The maximum atomic E-state index is 13.8. The number of aryl methyl sites for hydroxylation is 1. The van der Waals surface area contributed by atoms with Crippen molar-refractivity contribution >= 4 is 5.91 Å². The zero-order chi connectivity index (χ0) is 22.1. The summed E-state index contributed by atoms with van der Waals surface area (Å²) in [5.74, 6) is -0.400. The molecule has 5 rings (SSSR count). The number of carbonyl (C=O) groups is 1. The number of aromatic nitrogens is 2. The fourth-order valence-electron chi connectivity index (χ4n) is 4.51. The highest BCUT2D eigenvalue weighted by Crippen LogP contribution is 2.30. The van der Waals surface area contributed by atoms with Crippen molar-refractivity contribution in [2.24, 2.45) is 0 Å². The van der Waals surface area contributed by atoms with Gasteiger partial charge in [0.1, 0.15) is 11.5 Å². The third-order valence-corrected chi connectivity index (χ3v) is 6.10. The molecule has 6 nitrogen and oxygen atoms in total. The van der Waals surface area contributed by atoms with Gasteiger partial charge in [-0.15, -0.1) is 0 Å². The third-order valence-electron chi connectivity index (χ3n) is 6.10. The Hall–Kier alpha value is -3.03. The Balaban J connectivity index is 1.56. The number of ether oxygens (including phenoxy) is 2. The quantitative estimate of drug-likeness (QED) is 0.611. The van der Waals surface area contributed by atoms with E-state index in [9.17, 15) is 9.18 Å². The first-order valence-corrected chi connectivity index (χ1v) is 11.1. The Morgan fingerprint density at radius 3 is 2.62 bits per heavy atom. The van der Waals surface area contributed by atoms with Crippen molar-refractivity contribution in [1.82, 2.24) is 14.7 Å². The minimum atomic E-state index is -0.381. The van der Waals surface area contributed by atoms with Gasteiger partial charge in [0.25, 0.3) is 5.91 Å². The monoisotopic (exact) mass is 435 g/mol. The van der Waals surface area contributed by atoms with Gasteiger partial charge in [-0.2, -0.15) is 5.10 Å². The second-order valence-electron chi connectivity index (χ2n) is 8.35. The predicted molar refractivity (Wildman–Crippen MR) is 118 cm³/mol. The molecule has 32 heavy (non-hydrogen) atoms. The number of carbonyl (C=O) groups excluding carboxylic acids is 1. The fourth-order valence-corrected chi connectivity index (χ4v) is 4.51. The van der Waals surface area contributed by atoms with Crippen LogP contribution in [-0.4, -0.2) is 52.7 Å². The zero-order valence-electron chi connectivity index (χ0n) is 18.0. The second-order valence-corrected chi connectivity index (χ2v) is 8.35. The number of amides is 1. The smallest absolute Gasteiger partial charge is 0.258 e. The Morgan fingerprint density at radius 1 is 1.09 bits per heavy atom. The maximum Gasteiger partial charge on any atom is 0.258 e. The molecule has 2 aliphatic heterocycles. The SMILES string of the molecule is Cc1cccc(-c2nn(-c3ccc(F)cc3)cc2C(=O)N2CCCCC2C2OCCO2)c1. The molecular formula is C25H26FN3O3. The lowest BCUT2D eigenvalue weighted by Gasteiger charge is -2.37. The first kappa shape index (κ1) is 20.8. The molecule has 0 N–H and O–H groups in total. The van der Waals surface area contributed by atoms with Crippen LogP contribution >= 0.6 is 0 Å². The van der Waals surface area contributed by atoms with Gasteiger partial charge in [0.05, 0.1) is 30.5 Å². The van der Waals surface area contributed by atoms with Gasteiger partial charge in [-0.05, 0) is 56.5 Å². The Labute approximate surface area is 186 Å². The van der Waals surface area contributed by atoms with E-state index < -0.39 is 0 Å². The van der Waals surface area contributed by atoms with Crippen LogP contribution in [0.3, 0.4) is 0 Å². The Kier molecular flexibility index (Phi) is 5.76. The fraction of sp³-hybridized carbons (Fsp3) is 0.360. The van der Waals surface area contributed by atoms with Crippen LogP contribution in [0.25, 0.3) is 16.9 Å². The number of halogens is 1. The van der Waals surface area contributed by atoms with E-state index >= 15 is 0 Å². The summed E-state index contributed by atoms with van der Waals surface area (Å²) in [4.78, 5) is 15.7. The summed E-state index contributed by atoms with van der Waals surface area (Å²) in [7, 11) is 0. The van der Waals surface area contributed by atoms with Gasteiger partial charge in [0, 0.05) is 18.3 Å². The third kappa shape index (κ3) is 4.06. The molecule has 1 unspecified atom stereocenters. The van der Waals surface area contributed by atoms with E-state index in [1.165, 1.54) is 12.1 Å². The topological polar surface area (TPSA) is 56.6 Å². The lowest BCUT2D eigenvalue weighted by atomic mass is 9.99. The van der Waals surface area contributed by atoms with Crippen LogP contribution in [0.5, 0.6) is 0 Å². The van der Waals surface area contributed by atoms with Gasteiger partial charge < -0.3 is 14.4 Å². The maximum absolute atomic E-state index is 13.8. The van der Waals surface area contributed by atoms with Gasteiger partial charge in [-0.1, -0.05) is 23.8 Å². The van der Waals surface area contributed by atoms with Gasteiger partial charge in [0.2, 0.25) is 0 Å². The highest BCUT2D eigenvalue weighted by atomic mass is 19.1. The van der Waals surface area contributed by atoms with Crippen LogP contribution in [0.1, 0.15) is 35.2 Å². The summed E-state index contributed by atoms with van der Waals surface area (Å²) in [6.07, 6.45) is 4.20. The largest absolute Gasteiger partial charge is 0.348 e. The van der Waals surface area contributed by atoms with Crippen LogP contribution in [0.4, 0.5) is 4.39 Å². The van der Waals surface area contributed by atoms with Gasteiger partial charge in [-0.25, -0.2) is 9.07 Å². The van der Waals surface area contributed by atoms with E-state index in [1.54, 1.807) is 23.0 Å². The number of piperidine rings is 1. The molecular weight excluding hydrogens is 409 g/mol. The Bertz CT molecular complexity index is 1110. The molecule has 0 bridgehead atoms. The Morgan fingerprint density at radius 2 is 1.88 bits per heavy atom. The minimum absolute atomic E-state index is 0.0846. The summed E-state index contributed by atoms with van der Waals surface area (Å²) in [6.45, 7) is 3.78. The molecule has 1 amide bonds. The first-order valence-electron chi connectivity index (χ1n) is 11.1. The highest BCUT2D eigenvalue weighted by molar-refractivity contribution is 6.00. The molecule has 3 heterocycles. The number of hydrogen-bond acceptors (Lipinski definition) is 4.